The van der Waals surface area contributed by atoms with Crippen LogP contribution in [0.2, 0.25) is 0 Å². The third-order valence-electron chi connectivity index (χ3n) is 3.43. The zero-order chi connectivity index (χ0) is 14.4. The fourth-order valence-electron chi connectivity index (χ4n) is 1.95. The lowest BCUT2D eigenvalue weighted by Gasteiger charge is -2.20. The summed E-state index contributed by atoms with van der Waals surface area (Å²) in [5.74, 6) is 0.998. The van der Waals surface area contributed by atoms with Gasteiger partial charge in [0, 0.05) is 13.6 Å². The normalized spacial score (nSPS) is 10.4. The van der Waals surface area contributed by atoms with Crippen LogP contribution in [0.1, 0.15) is 23.6 Å². The van der Waals surface area contributed by atoms with Gasteiger partial charge in [-0.25, -0.2) is 0 Å². The molecule has 0 saturated carbocycles. The molecule has 1 amide bonds. The van der Waals surface area contributed by atoms with Crippen LogP contribution in [0.25, 0.3) is 0 Å². The summed E-state index contributed by atoms with van der Waals surface area (Å²) in [7, 11) is 3.51. The second kappa shape index (κ2) is 7.14. The lowest BCUT2D eigenvalue weighted by atomic mass is 10.0. The van der Waals surface area contributed by atoms with Crippen LogP contribution in [0, 0.1) is 13.8 Å². The zero-order valence-corrected chi connectivity index (χ0v) is 12.5. The van der Waals surface area contributed by atoms with E-state index in [9.17, 15) is 4.79 Å². The van der Waals surface area contributed by atoms with Gasteiger partial charge in [-0.2, -0.15) is 0 Å². The second-order valence-electron chi connectivity index (χ2n) is 4.71. The Morgan fingerprint density at radius 1 is 1.32 bits per heavy atom. The fraction of sp³-hybridized carbons (Fsp3) is 0.533. The number of hydrogen-bond donors (Lipinski definition) is 1. The Morgan fingerprint density at radius 2 is 2.00 bits per heavy atom. The largest absolute Gasteiger partial charge is 0.496 e. The smallest absolute Gasteiger partial charge is 0.236 e. The first-order valence-electron chi connectivity index (χ1n) is 6.59. The summed E-state index contributed by atoms with van der Waals surface area (Å²) in [6.07, 6.45) is 0. The topological polar surface area (TPSA) is 41.6 Å². The number of benzene rings is 1. The van der Waals surface area contributed by atoms with E-state index in [0.717, 1.165) is 23.4 Å². The Morgan fingerprint density at radius 3 is 2.58 bits per heavy atom. The highest BCUT2D eigenvalue weighted by Crippen LogP contribution is 2.24. The number of nitrogens with one attached hydrogen (secondary N) is 1. The van der Waals surface area contributed by atoms with Crippen molar-refractivity contribution in [1.82, 2.24) is 10.2 Å². The van der Waals surface area contributed by atoms with E-state index in [-0.39, 0.29) is 5.91 Å². The molecule has 0 aliphatic rings. The first-order chi connectivity index (χ1) is 9.01. The molecule has 0 bridgehead atoms. The number of amides is 1. The van der Waals surface area contributed by atoms with Gasteiger partial charge in [0.2, 0.25) is 5.91 Å². The number of nitrogens with zero attached hydrogens (tertiary/aromatic N) is 1. The van der Waals surface area contributed by atoms with Crippen molar-refractivity contribution in [3.8, 4) is 5.75 Å². The van der Waals surface area contributed by atoms with E-state index in [2.05, 4.69) is 12.2 Å². The summed E-state index contributed by atoms with van der Waals surface area (Å²) < 4.78 is 5.30. The number of carbonyl (C=O) groups excluding carboxylic acids is 1. The van der Waals surface area contributed by atoms with Crippen LogP contribution in [-0.4, -0.2) is 38.1 Å². The summed E-state index contributed by atoms with van der Waals surface area (Å²) in [6.45, 7) is 7.92. The quantitative estimate of drug-likeness (QED) is 0.853. The molecule has 4 nitrogen and oxygen atoms in total. The molecule has 1 aromatic carbocycles. The van der Waals surface area contributed by atoms with Crippen molar-refractivity contribution in [2.24, 2.45) is 0 Å². The predicted octanol–water partition coefficient (Wildman–Crippen LogP) is 1.88. The third kappa shape index (κ3) is 3.96. The molecule has 0 heterocycles. The van der Waals surface area contributed by atoms with E-state index < -0.39 is 0 Å². The summed E-state index contributed by atoms with van der Waals surface area (Å²) in [4.78, 5) is 13.6. The zero-order valence-electron chi connectivity index (χ0n) is 12.5. The number of hydrogen-bond acceptors (Lipinski definition) is 3. The van der Waals surface area contributed by atoms with E-state index in [1.54, 1.807) is 12.0 Å². The van der Waals surface area contributed by atoms with Gasteiger partial charge in [0.05, 0.1) is 13.7 Å². The van der Waals surface area contributed by atoms with Gasteiger partial charge < -0.3 is 15.0 Å². The number of ether oxygens (including phenoxy) is 1. The van der Waals surface area contributed by atoms with Gasteiger partial charge in [0.25, 0.3) is 0 Å². The first-order valence-corrected chi connectivity index (χ1v) is 6.59. The van der Waals surface area contributed by atoms with Crippen molar-refractivity contribution >= 4 is 5.91 Å². The first kappa shape index (κ1) is 15.5. The number of rotatable bonds is 6. The van der Waals surface area contributed by atoms with E-state index in [4.69, 9.17) is 4.74 Å². The molecule has 0 radical (unpaired) electrons. The maximum Gasteiger partial charge on any atom is 0.236 e. The van der Waals surface area contributed by atoms with Crippen LogP contribution < -0.4 is 10.1 Å². The lowest BCUT2D eigenvalue weighted by molar-refractivity contribution is -0.129. The minimum absolute atomic E-state index is 0.106. The van der Waals surface area contributed by atoms with E-state index in [0.29, 0.717) is 13.1 Å². The fourth-order valence-corrected chi connectivity index (χ4v) is 1.95. The van der Waals surface area contributed by atoms with E-state index in [1.807, 2.05) is 33.0 Å². The Kier molecular flexibility index (Phi) is 5.83. The van der Waals surface area contributed by atoms with Gasteiger partial charge in [-0.3, -0.25) is 4.79 Å². The van der Waals surface area contributed by atoms with Gasteiger partial charge in [-0.05, 0) is 43.1 Å². The monoisotopic (exact) mass is 264 g/mol. The molecule has 1 N–H and O–H groups in total. The van der Waals surface area contributed by atoms with Crippen LogP contribution in [0.4, 0.5) is 0 Å². The average molecular weight is 264 g/mol. The van der Waals surface area contributed by atoms with E-state index in [1.165, 1.54) is 5.56 Å². The molecule has 0 fully saturated rings. The Labute approximate surface area is 115 Å². The van der Waals surface area contributed by atoms with Crippen LogP contribution in [0.15, 0.2) is 12.1 Å². The molecule has 0 aromatic heterocycles. The number of carbonyl (C=O) groups is 1. The van der Waals surface area contributed by atoms with Crippen LogP contribution in [0.3, 0.4) is 0 Å². The molecule has 1 aromatic rings. The SMILES string of the molecule is CCNCC(=O)N(C)Cc1ccc(OC)c(C)c1C. The number of methoxy groups -OCH3 is 1. The van der Waals surface area contributed by atoms with Crippen molar-refractivity contribution < 1.29 is 9.53 Å². The van der Waals surface area contributed by atoms with Crippen molar-refractivity contribution in [2.75, 3.05) is 27.2 Å². The number of likely N-dealkylation sites (N-methyl/N-ethyl adjacent to an activating group) is 2. The molecule has 0 saturated heterocycles. The average Bonchev–Trinajstić information content (AvgIpc) is 2.41. The highest BCUT2D eigenvalue weighted by Gasteiger charge is 2.12. The molecule has 4 heteroatoms. The molecule has 0 spiro atoms. The predicted molar refractivity (Wildman–Crippen MR) is 77.5 cm³/mol. The standard InChI is InChI=1S/C15H24N2O2/c1-6-16-9-15(18)17(4)10-13-7-8-14(19-5)12(3)11(13)2/h7-8,16H,6,9-10H2,1-5H3. The van der Waals surface area contributed by atoms with Gasteiger partial charge in [0.1, 0.15) is 5.75 Å². The van der Waals surface area contributed by atoms with Gasteiger partial charge >= 0.3 is 0 Å². The molecule has 1 rings (SSSR count). The van der Waals surface area contributed by atoms with Crippen molar-refractivity contribution in [1.29, 1.82) is 0 Å². The highest BCUT2D eigenvalue weighted by atomic mass is 16.5. The maximum absolute atomic E-state index is 11.9. The van der Waals surface area contributed by atoms with Crippen molar-refractivity contribution in [2.45, 2.75) is 27.3 Å². The highest BCUT2D eigenvalue weighted by molar-refractivity contribution is 5.78. The van der Waals surface area contributed by atoms with Gasteiger partial charge in [-0.1, -0.05) is 13.0 Å². The summed E-state index contributed by atoms with van der Waals surface area (Å²) >= 11 is 0. The second-order valence-corrected chi connectivity index (χ2v) is 4.71. The van der Waals surface area contributed by atoms with Gasteiger partial charge in [-0.15, -0.1) is 0 Å². The third-order valence-corrected chi connectivity index (χ3v) is 3.43. The van der Waals surface area contributed by atoms with Crippen molar-refractivity contribution in [3.63, 3.8) is 0 Å². The maximum atomic E-state index is 11.9. The molecule has 0 aliphatic carbocycles. The van der Waals surface area contributed by atoms with Crippen LogP contribution >= 0.6 is 0 Å². The molecular weight excluding hydrogens is 240 g/mol. The lowest BCUT2D eigenvalue weighted by Crippen LogP contribution is -2.35. The minimum Gasteiger partial charge on any atom is -0.496 e. The Hall–Kier alpha value is -1.55. The van der Waals surface area contributed by atoms with Crippen LogP contribution in [0.5, 0.6) is 5.75 Å². The summed E-state index contributed by atoms with van der Waals surface area (Å²) in [5.41, 5.74) is 3.47. The summed E-state index contributed by atoms with van der Waals surface area (Å²) in [5, 5.41) is 3.05. The molecular formula is C15H24N2O2. The summed E-state index contributed by atoms with van der Waals surface area (Å²) in [6, 6.07) is 3.98. The Bertz CT molecular complexity index is 444. The van der Waals surface area contributed by atoms with Gasteiger partial charge in [0.15, 0.2) is 0 Å². The van der Waals surface area contributed by atoms with Crippen LogP contribution in [-0.2, 0) is 11.3 Å². The Balaban J connectivity index is 2.77. The molecule has 0 unspecified atom stereocenters. The molecule has 0 aliphatic heterocycles. The molecule has 19 heavy (non-hydrogen) atoms. The van der Waals surface area contributed by atoms with E-state index >= 15 is 0 Å². The molecule has 106 valence electrons. The minimum atomic E-state index is 0.106. The molecule has 0 atom stereocenters. The van der Waals surface area contributed by atoms with Crippen molar-refractivity contribution in [3.05, 3.63) is 28.8 Å².